The SMILES string of the molecule is CCN(CC)CC(=O)N(CC)Cc1cc(C(C)C)ccc1C. The van der Waals surface area contributed by atoms with Gasteiger partial charge in [-0.15, -0.1) is 0 Å². The first kappa shape index (κ1) is 18.7. The number of likely N-dealkylation sites (N-methyl/N-ethyl adjacent to an activating group) is 2. The third kappa shape index (κ3) is 5.13. The molecular weight excluding hydrogens is 272 g/mol. The van der Waals surface area contributed by atoms with Gasteiger partial charge in [0, 0.05) is 13.1 Å². The summed E-state index contributed by atoms with van der Waals surface area (Å²) in [7, 11) is 0. The summed E-state index contributed by atoms with van der Waals surface area (Å²) < 4.78 is 0. The molecule has 0 radical (unpaired) electrons. The highest BCUT2D eigenvalue weighted by Crippen LogP contribution is 2.20. The van der Waals surface area contributed by atoms with Crippen LogP contribution in [0, 0.1) is 6.92 Å². The molecule has 0 spiro atoms. The van der Waals surface area contributed by atoms with E-state index in [4.69, 9.17) is 0 Å². The van der Waals surface area contributed by atoms with Gasteiger partial charge in [0.15, 0.2) is 0 Å². The van der Waals surface area contributed by atoms with Crippen molar-refractivity contribution in [1.29, 1.82) is 0 Å². The summed E-state index contributed by atoms with van der Waals surface area (Å²) in [5.74, 6) is 0.737. The van der Waals surface area contributed by atoms with Crippen LogP contribution in [0.4, 0.5) is 0 Å². The zero-order chi connectivity index (χ0) is 16.7. The lowest BCUT2D eigenvalue weighted by Crippen LogP contribution is -2.40. The van der Waals surface area contributed by atoms with Crippen molar-refractivity contribution in [3.63, 3.8) is 0 Å². The maximum atomic E-state index is 12.5. The predicted octanol–water partition coefficient (Wildman–Crippen LogP) is 3.81. The van der Waals surface area contributed by atoms with Crippen LogP contribution in [0.5, 0.6) is 0 Å². The average molecular weight is 304 g/mol. The van der Waals surface area contributed by atoms with Crippen LogP contribution < -0.4 is 0 Å². The Kier molecular flexibility index (Phi) is 7.60. The van der Waals surface area contributed by atoms with Crippen molar-refractivity contribution in [3.05, 3.63) is 34.9 Å². The van der Waals surface area contributed by atoms with Gasteiger partial charge in [0.25, 0.3) is 0 Å². The number of carbonyl (C=O) groups excluding carboxylic acids is 1. The average Bonchev–Trinajstić information content (AvgIpc) is 2.51. The Bertz CT molecular complexity index is 478. The fourth-order valence-electron chi connectivity index (χ4n) is 2.54. The van der Waals surface area contributed by atoms with Crippen LogP contribution in [0.15, 0.2) is 18.2 Å². The number of hydrogen-bond acceptors (Lipinski definition) is 2. The number of amides is 1. The molecule has 0 N–H and O–H groups in total. The molecule has 1 rings (SSSR count). The van der Waals surface area contributed by atoms with Crippen molar-refractivity contribution in [1.82, 2.24) is 9.80 Å². The van der Waals surface area contributed by atoms with Crippen LogP contribution in [0.1, 0.15) is 57.2 Å². The number of rotatable bonds is 8. The van der Waals surface area contributed by atoms with Gasteiger partial charge in [-0.25, -0.2) is 0 Å². The Morgan fingerprint density at radius 2 is 1.73 bits per heavy atom. The Balaban J connectivity index is 2.85. The zero-order valence-corrected chi connectivity index (χ0v) is 15.1. The van der Waals surface area contributed by atoms with Crippen LogP contribution in [-0.2, 0) is 11.3 Å². The predicted molar refractivity (Wildman–Crippen MR) is 94.1 cm³/mol. The summed E-state index contributed by atoms with van der Waals surface area (Å²) >= 11 is 0. The van der Waals surface area contributed by atoms with E-state index in [9.17, 15) is 4.79 Å². The van der Waals surface area contributed by atoms with Crippen molar-refractivity contribution in [2.45, 2.75) is 54.0 Å². The van der Waals surface area contributed by atoms with E-state index < -0.39 is 0 Å². The molecular formula is C19H32N2O. The van der Waals surface area contributed by atoms with Gasteiger partial charge in [-0.05, 0) is 49.5 Å². The first-order chi connectivity index (χ1) is 10.4. The lowest BCUT2D eigenvalue weighted by atomic mass is 9.97. The monoisotopic (exact) mass is 304 g/mol. The van der Waals surface area contributed by atoms with Crippen molar-refractivity contribution in [2.75, 3.05) is 26.2 Å². The second-order valence-corrected chi connectivity index (χ2v) is 6.21. The van der Waals surface area contributed by atoms with Crippen molar-refractivity contribution >= 4 is 5.91 Å². The number of nitrogens with zero attached hydrogens (tertiary/aromatic N) is 2. The standard InChI is InChI=1S/C19H32N2O/c1-7-20(8-2)14-19(22)21(9-3)13-18-12-17(15(4)5)11-10-16(18)6/h10-12,15H,7-9,13-14H2,1-6H3. The fourth-order valence-corrected chi connectivity index (χ4v) is 2.54. The lowest BCUT2D eigenvalue weighted by molar-refractivity contribution is -0.132. The maximum absolute atomic E-state index is 12.5. The molecule has 0 fully saturated rings. The number of benzene rings is 1. The normalized spacial score (nSPS) is 11.3. The third-order valence-electron chi connectivity index (χ3n) is 4.39. The van der Waals surface area contributed by atoms with Crippen LogP contribution in [0.25, 0.3) is 0 Å². The number of hydrogen-bond donors (Lipinski definition) is 0. The molecule has 0 aliphatic rings. The highest BCUT2D eigenvalue weighted by Gasteiger charge is 2.16. The minimum atomic E-state index is 0.223. The van der Waals surface area contributed by atoms with Crippen molar-refractivity contribution in [3.8, 4) is 0 Å². The molecule has 124 valence electrons. The van der Waals surface area contributed by atoms with Gasteiger partial charge in [-0.3, -0.25) is 9.69 Å². The Morgan fingerprint density at radius 3 is 2.23 bits per heavy atom. The Morgan fingerprint density at radius 1 is 1.09 bits per heavy atom. The van der Waals surface area contributed by atoms with Gasteiger partial charge in [-0.1, -0.05) is 45.9 Å². The largest absolute Gasteiger partial charge is 0.338 e. The minimum Gasteiger partial charge on any atom is -0.338 e. The van der Waals surface area contributed by atoms with Gasteiger partial charge in [0.2, 0.25) is 5.91 Å². The fraction of sp³-hybridized carbons (Fsp3) is 0.632. The Labute approximate surface area is 136 Å². The number of aryl methyl sites for hydroxylation is 1. The summed E-state index contributed by atoms with van der Waals surface area (Å²) in [6, 6.07) is 6.62. The second-order valence-electron chi connectivity index (χ2n) is 6.21. The maximum Gasteiger partial charge on any atom is 0.237 e. The van der Waals surface area contributed by atoms with Crippen LogP contribution in [-0.4, -0.2) is 41.9 Å². The molecule has 0 heterocycles. The molecule has 1 aromatic carbocycles. The smallest absolute Gasteiger partial charge is 0.237 e. The molecule has 0 aliphatic carbocycles. The Hall–Kier alpha value is -1.35. The second kappa shape index (κ2) is 8.94. The molecule has 0 aliphatic heterocycles. The number of carbonyl (C=O) groups is 1. The van der Waals surface area contributed by atoms with E-state index in [-0.39, 0.29) is 5.91 Å². The topological polar surface area (TPSA) is 23.6 Å². The van der Waals surface area contributed by atoms with Crippen molar-refractivity contribution in [2.24, 2.45) is 0 Å². The highest BCUT2D eigenvalue weighted by molar-refractivity contribution is 5.78. The summed E-state index contributed by atoms with van der Waals surface area (Å²) in [6.07, 6.45) is 0. The van der Waals surface area contributed by atoms with Crippen LogP contribution in [0.3, 0.4) is 0 Å². The van der Waals surface area contributed by atoms with Gasteiger partial charge < -0.3 is 4.90 Å². The molecule has 0 unspecified atom stereocenters. The van der Waals surface area contributed by atoms with Crippen LogP contribution >= 0.6 is 0 Å². The molecule has 0 aromatic heterocycles. The summed E-state index contributed by atoms with van der Waals surface area (Å²) in [5.41, 5.74) is 3.87. The van der Waals surface area contributed by atoms with E-state index in [1.165, 1.54) is 16.7 Å². The van der Waals surface area contributed by atoms with Crippen molar-refractivity contribution < 1.29 is 4.79 Å². The first-order valence-electron chi connectivity index (χ1n) is 8.52. The molecule has 1 amide bonds. The van der Waals surface area contributed by atoms with Gasteiger partial charge in [0.1, 0.15) is 0 Å². The summed E-state index contributed by atoms with van der Waals surface area (Å²) in [5, 5.41) is 0. The van der Waals surface area contributed by atoms with E-state index in [2.05, 4.69) is 64.6 Å². The van der Waals surface area contributed by atoms with Gasteiger partial charge in [-0.2, -0.15) is 0 Å². The lowest BCUT2D eigenvalue weighted by Gasteiger charge is -2.26. The minimum absolute atomic E-state index is 0.223. The van der Waals surface area contributed by atoms with E-state index in [0.717, 1.165) is 19.6 Å². The zero-order valence-electron chi connectivity index (χ0n) is 15.1. The van der Waals surface area contributed by atoms with E-state index in [1.54, 1.807) is 0 Å². The van der Waals surface area contributed by atoms with Crippen LogP contribution in [0.2, 0.25) is 0 Å². The summed E-state index contributed by atoms with van der Waals surface area (Å²) in [6.45, 7) is 16.6. The molecule has 1 aromatic rings. The van der Waals surface area contributed by atoms with E-state index in [0.29, 0.717) is 19.0 Å². The van der Waals surface area contributed by atoms with E-state index >= 15 is 0 Å². The molecule has 3 heteroatoms. The van der Waals surface area contributed by atoms with Gasteiger partial charge in [0.05, 0.1) is 6.54 Å². The van der Waals surface area contributed by atoms with Gasteiger partial charge >= 0.3 is 0 Å². The summed E-state index contributed by atoms with van der Waals surface area (Å²) in [4.78, 5) is 16.7. The third-order valence-corrected chi connectivity index (χ3v) is 4.39. The molecule has 0 bridgehead atoms. The molecule has 0 saturated carbocycles. The molecule has 0 saturated heterocycles. The molecule has 3 nitrogen and oxygen atoms in total. The molecule has 0 atom stereocenters. The quantitative estimate of drug-likeness (QED) is 0.729. The highest BCUT2D eigenvalue weighted by atomic mass is 16.2. The van der Waals surface area contributed by atoms with E-state index in [1.807, 2.05) is 4.90 Å². The first-order valence-corrected chi connectivity index (χ1v) is 8.52. The molecule has 22 heavy (non-hydrogen) atoms.